The molecule has 0 aliphatic rings. The summed E-state index contributed by atoms with van der Waals surface area (Å²) < 4.78 is 6.79. The molecule has 2 aromatic heterocycles. The highest BCUT2D eigenvalue weighted by Gasteiger charge is 2.15. The zero-order valence-electron chi connectivity index (χ0n) is 10.1. The summed E-state index contributed by atoms with van der Waals surface area (Å²) in [6.45, 7) is 3.84. The first-order valence-electron chi connectivity index (χ1n) is 5.46. The molecule has 0 aromatic carbocycles. The first-order valence-corrected chi connectivity index (χ1v) is 5.46. The van der Waals surface area contributed by atoms with Crippen LogP contribution in [0.5, 0.6) is 0 Å². The van der Waals surface area contributed by atoms with Crippen molar-refractivity contribution in [3.63, 3.8) is 0 Å². The number of rotatable bonds is 3. The lowest BCUT2D eigenvalue weighted by Gasteiger charge is -2.07. The van der Waals surface area contributed by atoms with Crippen LogP contribution in [0.4, 0.5) is 0 Å². The topological polar surface area (TPSA) is 60.1 Å². The fraction of sp³-hybridized carbons (Fsp3) is 0.333. The van der Waals surface area contributed by atoms with Crippen LogP contribution in [0.25, 0.3) is 11.5 Å². The average Bonchev–Trinajstić information content (AvgIpc) is 2.84. The molecule has 17 heavy (non-hydrogen) atoms. The maximum atomic E-state index is 11.9. The van der Waals surface area contributed by atoms with E-state index in [-0.39, 0.29) is 11.9 Å². The van der Waals surface area contributed by atoms with Crippen molar-refractivity contribution in [1.82, 2.24) is 15.1 Å². The normalized spacial score (nSPS) is 10.8. The molecule has 0 fully saturated rings. The van der Waals surface area contributed by atoms with E-state index in [1.165, 1.54) is 0 Å². The molecule has 0 radical (unpaired) electrons. The van der Waals surface area contributed by atoms with Gasteiger partial charge >= 0.3 is 0 Å². The number of aromatic nitrogens is 2. The fourth-order valence-corrected chi connectivity index (χ4v) is 1.56. The molecule has 0 aliphatic carbocycles. The highest BCUT2D eigenvalue weighted by atomic mass is 16.3. The van der Waals surface area contributed by atoms with Gasteiger partial charge in [-0.05, 0) is 26.0 Å². The van der Waals surface area contributed by atoms with Crippen molar-refractivity contribution in [2.24, 2.45) is 7.05 Å². The molecule has 1 N–H and O–H groups in total. The summed E-state index contributed by atoms with van der Waals surface area (Å²) >= 11 is 0. The van der Waals surface area contributed by atoms with Crippen molar-refractivity contribution in [2.75, 3.05) is 0 Å². The summed E-state index contributed by atoms with van der Waals surface area (Å²) in [4.78, 5) is 11.9. The summed E-state index contributed by atoms with van der Waals surface area (Å²) in [6.07, 6.45) is 1.58. The van der Waals surface area contributed by atoms with Crippen molar-refractivity contribution >= 4 is 5.91 Å². The summed E-state index contributed by atoms with van der Waals surface area (Å²) in [5, 5.41) is 7.07. The number of aryl methyl sites for hydroxylation is 1. The highest BCUT2D eigenvalue weighted by Crippen LogP contribution is 2.18. The van der Waals surface area contributed by atoms with Gasteiger partial charge < -0.3 is 9.73 Å². The molecule has 0 bridgehead atoms. The van der Waals surface area contributed by atoms with Gasteiger partial charge in [-0.2, -0.15) is 5.10 Å². The largest absolute Gasteiger partial charge is 0.463 e. The van der Waals surface area contributed by atoms with Crippen LogP contribution >= 0.6 is 0 Å². The number of furan rings is 1. The molecule has 0 aliphatic heterocycles. The third-order valence-corrected chi connectivity index (χ3v) is 2.31. The van der Waals surface area contributed by atoms with Crippen LogP contribution in [0, 0.1) is 0 Å². The predicted molar refractivity (Wildman–Crippen MR) is 63.5 cm³/mol. The minimum Gasteiger partial charge on any atom is -0.463 e. The van der Waals surface area contributed by atoms with E-state index in [1.54, 1.807) is 30.1 Å². The van der Waals surface area contributed by atoms with Crippen LogP contribution in [0.15, 0.2) is 28.9 Å². The van der Waals surface area contributed by atoms with Crippen LogP contribution in [0.1, 0.15) is 24.3 Å². The smallest absolute Gasteiger partial charge is 0.269 e. The Hall–Kier alpha value is -2.04. The van der Waals surface area contributed by atoms with Gasteiger partial charge in [0.25, 0.3) is 5.91 Å². The van der Waals surface area contributed by atoms with Crippen LogP contribution in [-0.2, 0) is 7.05 Å². The van der Waals surface area contributed by atoms with Gasteiger partial charge in [-0.3, -0.25) is 9.48 Å². The van der Waals surface area contributed by atoms with E-state index in [0.29, 0.717) is 17.1 Å². The molecule has 1 amide bonds. The number of hydrogen-bond donors (Lipinski definition) is 1. The van der Waals surface area contributed by atoms with E-state index >= 15 is 0 Å². The molecular formula is C12H15N3O2. The van der Waals surface area contributed by atoms with Gasteiger partial charge in [0.1, 0.15) is 11.4 Å². The van der Waals surface area contributed by atoms with Gasteiger partial charge in [-0.25, -0.2) is 0 Å². The van der Waals surface area contributed by atoms with Crippen LogP contribution in [0.2, 0.25) is 0 Å². The Morgan fingerprint density at radius 1 is 1.53 bits per heavy atom. The Morgan fingerprint density at radius 3 is 2.88 bits per heavy atom. The van der Waals surface area contributed by atoms with Crippen molar-refractivity contribution < 1.29 is 9.21 Å². The number of amides is 1. The van der Waals surface area contributed by atoms with Gasteiger partial charge in [0.05, 0.1) is 6.26 Å². The minimum absolute atomic E-state index is 0.101. The number of carbonyl (C=O) groups excluding carboxylic acids is 1. The molecule has 2 rings (SSSR count). The van der Waals surface area contributed by atoms with Crippen molar-refractivity contribution in [1.29, 1.82) is 0 Å². The highest BCUT2D eigenvalue weighted by molar-refractivity contribution is 5.93. The van der Waals surface area contributed by atoms with Gasteiger partial charge in [0.15, 0.2) is 5.76 Å². The van der Waals surface area contributed by atoms with Gasteiger partial charge in [0.2, 0.25) is 0 Å². The number of hydrogen-bond acceptors (Lipinski definition) is 3. The maximum absolute atomic E-state index is 11.9. The van der Waals surface area contributed by atoms with Crippen molar-refractivity contribution in [3.05, 3.63) is 30.2 Å². The van der Waals surface area contributed by atoms with Crippen LogP contribution in [-0.4, -0.2) is 21.7 Å². The SMILES string of the molecule is CC(C)NC(=O)c1cc(-c2ccco2)nn1C. The lowest BCUT2D eigenvalue weighted by atomic mass is 10.3. The van der Waals surface area contributed by atoms with E-state index in [1.807, 2.05) is 19.9 Å². The molecule has 5 heteroatoms. The number of carbonyl (C=O) groups is 1. The molecule has 0 saturated carbocycles. The second kappa shape index (κ2) is 4.45. The number of nitrogens with one attached hydrogen (secondary N) is 1. The third kappa shape index (κ3) is 2.38. The summed E-state index contributed by atoms with van der Waals surface area (Å²) in [6, 6.07) is 5.42. The number of nitrogens with zero attached hydrogens (tertiary/aromatic N) is 2. The Kier molecular flexibility index (Phi) is 2.99. The molecule has 5 nitrogen and oxygen atoms in total. The lowest BCUT2D eigenvalue weighted by molar-refractivity contribution is 0.0933. The van der Waals surface area contributed by atoms with E-state index in [0.717, 1.165) is 0 Å². The standard InChI is InChI=1S/C12H15N3O2/c1-8(2)13-12(16)10-7-9(14-15(10)3)11-5-4-6-17-11/h4-8H,1-3H3,(H,13,16). The molecule has 0 unspecified atom stereocenters. The minimum atomic E-state index is -0.132. The second-order valence-electron chi connectivity index (χ2n) is 4.14. The molecule has 90 valence electrons. The van der Waals surface area contributed by atoms with E-state index in [4.69, 9.17) is 4.42 Å². The fourth-order valence-electron chi connectivity index (χ4n) is 1.56. The third-order valence-electron chi connectivity index (χ3n) is 2.31. The van der Waals surface area contributed by atoms with Crippen molar-refractivity contribution in [3.8, 4) is 11.5 Å². The van der Waals surface area contributed by atoms with Crippen LogP contribution in [0.3, 0.4) is 0 Å². The van der Waals surface area contributed by atoms with E-state index in [2.05, 4.69) is 10.4 Å². The molecule has 2 aromatic rings. The Labute approximate surface area is 99.4 Å². The predicted octanol–water partition coefficient (Wildman–Crippen LogP) is 1.82. The summed E-state index contributed by atoms with van der Waals surface area (Å²) in [5.74, 6) is 0.525. The first-order chi connectivity index (χ1) is 8.08. The maximum Gasteiger partial charge on any atom is 0.269 e. The zero-order valence-corrected chi connectivity index (χ0v) is 10.1. The lowest BCUT2D eigenvalue weighted by Crippen LogP contribution is -2.31. The monoisotopic (exact) mass is 233 g/mol. The molecular weight excluding hydrogens is 218 g/mol. The zero-order chi connectivity index (χ0) is 12.4. The second-order valence-corrected chi connectivity index (χ2v) is 4.14. The van der Waals surface area contributed by atoms with E-state index < -0.39 is 0 Å². The molecule has 2 heterocycles. The summed E-state index contributed by atoms with van der Waals surface area (Å²) in [7, 11) is 1.74. The van der Waals surface area contributed by atoms with Gasteiger partial charge in [0, 0.05) is 19.2 Å². The average molecular weight is 233 g/mol. The van der Waals surface area contributed by atoms with E-state index in [9.17, 15) is 4.79 Å². The Bertz CT molecular complexity index is 512. The Morgan fingerprint density at radius 2 is 2.29 bits per heavy atom. The molecule has 0 atom stereocenters. The molecule has 0 saturated heterocycles. The first kappa shape index (κ1) is 11.4. The van der Waals surface area contributed by atoms with Gasteiger partial charge in [-0.15, -0.1) is 0 Å². The summed E-state index contributed by atoms with van der Waals surface area (Å²) in [5.41, 5.74) is 1.18. The molecule has 0 spiro atoms. The van der Waals surface area contributed by atoms with Crippen LogP contribution < -0.4 is 5.32 Å². The van der Waals surface area contributed by atoms with Gasteiger partial charge in [-0.1, -0.05) is 0 Å². The quantitative estimate of drug-likeness (QED) is 0.879. The Balaban J connectivity index is 2.28. The van der Waals surface area contributed by atoms with Crippen molar-refractivity contribution in [2.45, 2.75) is 19.9 Å².